The van der Waals surface area contributed by atoms with Gasteiger partial charge in [0.1, 0.15) is 0 Å². The molecule has 1 fully saturated rings. The molecule has 6 heteroatoms. The molecule has 1 aliphatic heterocycles. The van der Waals surface area contributed by atoms with Gasteiger partial charge in [0.15, 0.2) is 0 Å². The molecule has 0 radical (unpaired) electrons. The van der Waals surface area contributed by atoms with Crippen molar-refractivity contribution >= 4 is 17.7 Å². The van der Waals surface area contributed by atoms with Crippen molar-refractivity contribution in [2.45, 2.75) is 43.1 Å². The van der Waals surface area contributed by atoms with Crippen LogP contribution < -0.4 is 10.6 Å². The number of hydrogen-bond donors (Lipinski definition) is 2. The van der Waals surface area contributed by atoms with Crippen molar-refractivity contribution in [3.8, 4) is 0 Å². The average molecular weight is 522 g/mol. The van der Waals surface area contributed by atoms with Crippen molar-refractivity contribution < 1.29 is 14.4 Å². The first-order valence-electron chi connectivity index (χ1n) is 13.7. The molecule has 0 unspecified atom stereocenters. The Morgan fingerprint density at radius 3 is 2.21 bits per heavy atom. The number of piperidine rings is 1. The summed E-state index contributed by atoms with van der Waals surface area (Å²) in [5.41, 5.74) is 2.53. The summed E-state index contributed by atoms with van der Waals surface area (Å²) in [6.07, 6.45) is 4.24. The smallest absolute Gasteiger partial charge is 0.251 e. The second kappa shape index (κ2) is 11.7. The highest BCUT2D eigenvalue weighted by molar-refractivity contribution is 5.95. The molecular weight excluding hydrogens is 486 g/mol. The summed E-state index contributed by atoms with van der Waals surface area (Å²) in [4.78, 5) is 42.2. The van der Waals surface area contributed by atoms with Crippen molar-refractivity contribution in [2.24, 2.45) is 0 Å². The molecule has 2 atom stereocenters. The van der Waals surface area contributed by atoms with Gasteiger partial charge in [-0.1, -0.05) is 78.9 Å². The first kappa shape index (κ1) is 26.4. The first-order valence-corrected chi connectivity index (χ1v) is 13.7. The number of nitrogens with zero attached hydrogens (tertiary/aromatic N) is 1. The summed E-state index contributed by atoms with van der Waals surface area (Å²) < 4.78 is 0. The lowest BCUT2D eigenvalue weighted by Crippen LogP contribution is -2.51. The molecule has 0 aromatic heterocycles. The summed E-state index contributed by atoms with van der Waals surface area (Å²) in [5, 5.41) is 6.15. The molecule has 2 aliphatic rings. The van der Waals surface area contributed by atoms with E-state index in [-0.39, 0.29) is 29.7 Å². The van der Waals surface area contributed by atoms with Crippen LogP contribution in [0, 0.1) is 0 Å². The van der Waals surface area contributed by atoms with Crippen molar-refractivity contribution in [3.05, 3.63) is 120 Å². The van der Waals surface area contributed by atoms with Crippen molar-refractivity contribution in [1.82, 2.24) is 15.5 Å². The summed E-state index contributed by atoms with van der Waals surface area (Å²) in [6.45, 7) is 5.33. The Bertz CT molecular complexity index is 1330. The van der Waals surface area contributed by atoms with Crippen LogP contribution in [0.1, 0.15) is 58.6 Å². The highest BCUT2D eigenvalue weighted by atomic mass is 16.2. The van der Waals surface area contributed by atoms with E-state index in [4.69, 9.17) is 0 Å². The number of amides is 3. The van der Waals surface area contributed by atoms with E-state index < -0.39 is 5.41 Å². The number of carbonyl (C=O) groups excluding carboxylic acids is 3. The van der Waals surface area contributed by atoms with Crippen LogP contribution in [0.5, 0.6) is 0 Å². The van der Waals surface area contributed by atoms with Gasteiger partial charge in [-0.15, -0.1) is 6.58 Å². The van der Waals surface area contributed by atoms with E-state index in [0.29, 0.717) is 38.0 Å². The van der Waals surface area contributed by atoms with Crippen LogP contribution in [0.4, 0.5) is 0 Å². The number of rotatable bonds is 7. The molecule has 2 N–H and O–H groups in total. The van der Waals surface area contributed by atoms with Crippen molar-refractivity contribution in [2.75, 3.05) is 19.6 Å². The van der Waals surface area contributed by atoms with Gasteiger partial charge in [0, 0.05) is 31.2 Å². The van der Waals surface area contributed by atoms with Crippen LogP contribution in [0.3, 0.4) is 0 Å². The lowest BCUT2D eigenvalue weighted by atomic mass is 9.62. The van der Waals surface area contributed by atoms with E-state index in [2.05, 4.69) is 17.2 Å². The minimum absolute atomic E-state index is 0.0414. The third-order valence-electron chi connectivity index (χ3n) is 8.14. The molecule has 200 valence electrons. The fraction of sp³-hybridized carbons (Fsp3) is 0.303. The summed E-state index contributed by atoms with van der Waals surface area (Å²) >= 11 is 0. The number of carbonyl (C=O) groups is 3. The molecule has 3 amide bonds. The summed E-state index contributed by atoms with van der Waals surface area (Å²) in [7, 11) is 0. The van der Waals surface area contributed by atoms with Gasteiger partial charge in [0.05, 0.1) is 11.3 Å². The minimum atomic E-state index is -0.869. The molecule has 5 rings (SSSR count). The van der Waals surface area contributed by atoms with Crippen LogP contribution in [-0.4, -0.2) is 48.3 Å². The van der Waals surface area contributed by atoms with Gasteiger partial charge < -0.3 is 15.5 Å². The van der Waals surface area contributed by atoms with Crippen LogP contribution in [0.15, 0.2) is 97.6 Å². The highest BCUT2D eigenvalue weighted by Gasteiger charge is 2.48. The van der Waals surface area contributed by atoms with E-state index in [0.717, 1.165) is 29.5 Å². The van der Waals surface area contributed by atoms with Crippen molar-refractivity contribution in [3.63, 3.8) is 0 Å². The monoisotopic (exact) mass is 521 g/mol. The molecule has 3 aromatic rings. The third-order valence-corrected chi connectivity index (χ3v) is 8.14. The third kappa shape index (κ3) is 5.24. The average Bonchev–Trinajstić information content (AvgIpc) is 3.00. The van der Waals surface area contributed by atoms with Gasteiger partial charge in [0.25, 0.3) is 5.91 Å². The Morgan fingerprint density at radius 2 is 1.51 bits per heavy atom. The Kier molecular flexibility index (Phi) is 7.92. The lowest BCUT2D eigenvalue weighted by Gasteiger charge is -2.42. The Balaban J connectivity index is 1.34. The van der Waals surface area contributed by atoms with Crippen molar-refractivity contribution in [1.29, 1.82) is 0 Å². The van der Waals surface area contributed by atoms with Gasteiger partial charge in [-0.25, -0.2) is 0 Å². The zero-order valence-corrected chi connectivity index (χ0v) is 22.1. The van der Waals surface area contributed by atoms with Crippen LogP contribution >= 0.6 is 0 Å². The fourth-order valence-corrected chi connectivity index (χ4v) is 6.13. The number of benzene rings is 3. The molecule has 6 nitrogen and oxygen atoms in total. The molecule has 1 heterocycles. The van der Waals surface area contributed by atoms with Gasteiger partial charge in [-0.3, -0.25) is 14.4 Å². The first-order chi connectivity index (χ1) is 19.0. The standard InChI is InChI=1S/C33H35N3O3/c1-2-21-34-32(39)33(25-13-7-4-8-14-25)20-17-28(27-15-9-10-16-29(27)33)31(38)36-22-18-26(19-23-36)35-30(37)24-11-5-3-6-12-24/h2-16,26,28H,1,17-23H2,(H,34,39)(H,35,37)/t28-,33+/m1/s1. The van der Waals surface area contributed by atoms with Crippen LogP contribution in [-0.2, 0) is 15.0 Å². The Labute approximate surface area is 230 Å². The maximum atomic E-state index is 13.9. The topological polar surface area (TPSA) is 78.5 Å². The molecule has 0 bridgehead atoms. The van der Waals surface area contributed by atoms with E-state index in [1.165, 1.54) is 0 Å². The van der Waals surface area contributed by atoms with Gasteiger partial charge >= 0.3 is 0 Å². The predicted octanol–water partition coefficient (Wildman–Crippen LogP) is 4.57. The zero-order valence-electron chi connectivity index (χ0n) is 22.1. The lowest BCUT2D eigenvalue weighted by molar-refractivity contribution is -0.135. The molecule has 0 spiro atoms. The summed E-state index contributed by atoms with van der Waals surface area (Å²) in [6, 6.07) is 27.0. The number of nitrogens with one attached hydrogen (secondary N) is 2. The SMILES string of the molecule is C=CCNC(=O)[C@]1(c2ccccc2)CC[C@@H](C(=O)N2CCC(NC(=O)c3ccccc3)CC2)c2ccccc21. The van der Waals surface area contributed by atoms with E-state index in [1.807, 2.05) is 89.8 Å². The quantitative estimate of drug-likeness (QED) is 0.447. The molecule has 39 heavy (non-hydrogen) atoms. The van der Waals surface area contributed by atoms with Crippen LogP contribution in [0.2, 0.25) is 0 Å². The molecular formula is C33H35N3O3. The molecule has 3 aromatic carbocycles. The largest absolute Gasteiger partial charge is 0.352 e. The second-order valence-corrected chi connectivity index (χ2v) is 10.4. The maximum Gasteiger partial charge on any atom is 0.251 e. The zero-order chi connectivity index (χ0) is 27.2. The number of likely N-dealkylation sites (tertiary alicyclic amines) is 1. The number of fused-ring (bicyclic) bond motifs is 1. The Morgan fingerprint density at radius 1 is 0.872 bits per heavy atom. The highest BCUT2D eigenvalue weighted by Crippen LogP contribution is 2.47. The molecule has 1 aliphatic carbocycles. The summed E-state index contributed by atoms with van der Waals surface area (Å²) in [5.74, 6) is -0.348. The normalized spacial score (nSPS) is 20.9. The minimum Gasteiger partial charge on any atom is -0.352 e. The number of hydrogen-bond acceptors (Lipinski definition) is 3. The predicted molar refractivity (Wildman–Crippen MR) is 152 cm³/mol. The van der Waals surface area contributed by atoms with E-state index in [9.17, 15) is 14.4 Å². The second-order valence-electron chi connectivity index (χ2n) is 10.4. The molecule has 0 saturated carbocycles. The van der Waals surface area contributed by atoms with E-state index in [1.54, 1.807) is 6.08 Å². The van der Waals surface area contributed by atoms with Gasteiger partial charge in [-0.05, 0) is 54.5 Å². The maximum absolute atomic E-state index is 13.9. The van der Waals surface area contributed by atoms with Gasteiger partial charge in [-0.2, -0.15) is 0 Å². The Hall–Kier alpha value is -4.19. The van der Waals surface area contributed by atoms with Crippen LogP contribution in [0.25, 0.3) is 0 Å². The molecule has 1 saturated heterocycles. The fourth-order valence-electron chi connectivity index (χ4n) is 6.13. The van der Waals surface area contributed by atoms with Gasteiger partial charge in [0.2, 0.25) is 11.8 Å². The van der Waals surface area contributed by atoms with E-state index >= 15 is 0 Å².